The van der Waals surface area contributed by atoms with Gasteiger partial charge in [-0.15, -0.1) is 0 Å². The molecule has 2 unspecified atom stereocenters. The molecule has 1 aliphatic rings. The number of methoxy groups -OCH3 is 1. The average molecular weight is 421 g/mol. The Labute approximate surface area is 104 Å². The summed E-state index contributed by atoms with van der Waals surface area (Å²) in [7, 11) is 8.89. The number of hydrogen-bond acceptors (Lipinski definition) is 3. The minimum absolute atomic E-state index is 0.00455. The van der Waals surface area contributed by atoms with Crippen molar-refractivity contribution in [2.45, 2.75) is 22.5 Å². The summed E-state index contributed by atoms with van der Waals surface area (Å²) in [6.45, 7) is 0. The van der Waals surface area contributed by atoms with E-state index in [-0.39, 0.29) is 18.0 Å². The molecular weight excluding hydrogens is 408 g/mol. The Balaban J connectivity index is 2.51. The number of imide groups is 1. The van der Waals surface area contributed by atoms with Gasteiger partial charge in [0, 0.05) is 0 Å². The van der Waals surface area contributed by atoms with Gasteiger partial charge < -0.3 is 0 Å². The number of ether oxygens (including phenoxy) is 1. The second-order valence-corrected chi connectivity index (χ2v) is 10.5. The molecule has 1 rings (SSSR count). The van der Waals surface area contributed by atoms with Gasteiger partial charge in [0.2, 0.25) is 0 Å². The van der Waals surface area contributed by atoms with Gasteiger partial charge in [-0.3, -0.25) is 0 Å². The second kappa shape index (κ2) is 6.01. The van der Waals surface area contributed by atoms with Crippen LogP contribution in [-0.4, -0.2) is 43.1 Å². The summed E-state index contributed by atoms with van der Waals surface area (Å²) >= 11 is -1.27. The van der Waals surface area contributed by atoms with Crippen LogP contribution in [0.1, 0.15) is 6.42 Å². The van der Waals surface area contributed by atoms with E-state index in [1.165, 1.54) is 7.05 Å². The van der Waals surface area contributed by atoms with E-state index in [1.54, 1.807) is 7.11 Å². The molecule has 0 aromatic heterocycles. The van der Waals surface area contributed by atoms with Gasteiger partial charge in [0.1, 0.15) is 0 Å². The third kappa shape index (κ3) is 3.29. The molecule has 3 amide bonds. The van der Waals surface area contributed by atoms with Gasteiger partial charge in [-0.1, -0.05) is 0 Å². The van der Waals surface area contributed by atoms with Crippen molar-refractivity contribution in [1.29, 1.82) is 0 Å². The molecule has 0 spiro atoms. The number of amides is 3. The fraction of sp³-hybridized carbons (Fsp3) is 0.750. The van der Waals surface area contributed by atoms with Crippen LogP contribution in [0.25, 0.3) is 0 Å². The predicted molar refractivity (Wildman–Crippen MR) is 51.2 cm³/mol. The number of rotatable bonds is 5. The molecule has 0 aromatic rings. The van der Waals surface area contributed by atoms with Crippen molar-refractivity contribution in [3.8, 4) is 0 Å². The van der Waals surface area contributed by atoms with Gasteiger partial charge in [0.15, 0.2) is 0 Å². The van der Waals surface area contributed by atoms with E-state index in [4.69, 9.17) is 13.0 Å². The zero-order valence-electron chi connectivity index (χ0n) is 8.83. The molecule has 1 heterocycles. The summed E-state index contributed by atoms with van der Waals surface area (Å²) in [6.07, 6.45) is 0.530. The van der Waals surface area contributed by atoms with Crippen molar-refractivity contribution < 1.29 is 37.7 Å². The zero-order valence-corrected chi connectivity index (χ0v) is 15.1. The van der Waals surface area contributed by atoms with E-state index in [0.717, 1.165) is 8.83 Å². The van der Waals surface area contributed by atoms with Crippen LogP contribution in [0.2, 0.25) is 3.93 Å². The van der Waals surface area contributed by atoms with Crippen LogP contribution in [0.3, 0.4) is 0 Å². The summed E-state index contributed by atoms with van der Waals surface area (Å²) in [5.74, 6) is -0.187. The SMILES string of the molecule is COC([CH2][Hg][Cl])CC1NC(=O)N(C)C1=O. The van der Waals surface area contributed by atoms with Crippen LogP contribution >= 0.6 is 8.25 Å². The fourth-order valence-corrected chi connectivity index (χ4v) is 6.43. The standard InChI is InChI=1S/C8H13N2O3.ClH.Hg/c1-5(13-3)4-6-7(11)10(2)8(12)9-6;;/h5-6H,1,4H2,2-3H3,(H,9,12);1H;/q;;+1/p-1. The molecule has 0 aromatic carbocycles. The third-order valence-electron chi connectivity index (χ3n) is 2.49. The van der Waals surface area contributed by atoms with E-state index < -0.39 is 29.4 Å². The van der Waals surface area contributed by atoms with Crippen molar-refractivity contribution in [1.82, 2.24) is 10.2 Å². The van der Waals surface area contributed by atoms with Gasteiger partial charge in [0.05, 0.1) is 0 Å². The van der Waals surface area contributed by atoms with Crippen LogP contribution in [0, 0.1) is 0 Å². The number of likely N-dealkylation sites (N-methyl/N-ethyl adjacent to an activating group) is 1. The molecule has 2 atom stereocenters. The summed E-state index contributed by atoms with van der Waals surface area (Å²) < 4.78 is 6.11. The predicted octanol–water partition coefficient (Wildman–Crippen LogP) is 0.596. The molecule has 1 N–H and O–H groups in total. The summed E-state index contributed by atoms with van der Waals surface area (Å²) in [4.78, 5) is 23.8. The monoisotopic (exact) mass is 422 g/mol. The van der Waals surface area contributed by atoms with Crippen molar-refractivity contribution in [2.75, 3.05) is 14.2 Å². The average Bonchev–Trinajstić information content (AvgIpc) is 2.46. The van der Waals surface area contributed by atoms with Crippen LogP contribution in [-0.2, 0) is 32.9 Å². The van der Waals surface area contributed by atoms with E-state index in [9.17, 15) is 9.59 Å². The molecule has 0 saturated carbocycles. The van der Waals surface area contributed by atoms with Gasteiger partial charge in [-0.2, -0.15) is 0 Å². The van der Waals surface area contributed by atoms with Crippen LogP contribution in [0.4, 0.5) is 4.79 Å². The summed E-state index contributed by atoms with van der Waals surface area (Å²) in [5.41, 5.74) is 0. The van der Waals surface area contributed by atoms with Crippen LogP contribution < -0.4 is 5.32 Å². The number of nitrogens with one attached hydrogen (secondary N) is 1. The molecule has 0 aliphatic carbocycles. The van der Waals surface area contributed by atoms with Gasteiger partial charge in [-0.05, 0) is 0 Å². The Hall–Kier alpha value is 0.125. The van der Waals surface area contributed by atoms with Crippen molar-refractivity contribution in [3.05, 3.63) is 0 Å². The topological polar surface area (TPSA) is 58.6 Å². The summed E-state index contributed by atoms with van der Waals surface area (Å²) in [6, 6.07) is -0.778. The number of nitrogens with zero attached hydrogens (tertiary/aromatic N) is 1. The van der Waals surface area contributed by atoms with E-state index in [1.807, 2.05) is 0 Å². The number of carbonyl (C=O) groups is 2. The normalized spacial score (nSPS) is 22.6. The first-order valence-corrected chi connectivity index (χ1v) is 15.4. The number of carbonyl (C=O) groups excluding carboxylic acids is 2. The van der Waals surface area contributed by atoms with Gasteiger partial charge in [-0.25, -0.2) is 0 Å². The quantitative estimate of drug-likeness (QED) is 0.523. The molecule has 1 aliphatic heterocycles. The van der Waals surface area contributed by atoms with Crippen molar-refractivity contribution >= 4 is 20.2 Å². The molecule has 5 nitrogen and oxygen atoms in total. The Morgan fingerprint density at radius 2 is 2.33 bits per heavy atom. The minimum atomic E-state index is -1.27. The fourth-order valence-electron chi connectivity index (χ4n) is 1.52. The van der Waals surface area contributed by atoms with E-state index >= 15 is 0 Å². The summed E-state index contributed by atoms with van der Waals surface area (Å²) in [5, 5.41) is 2.62. The number of urea groups is 1. The molecule has 0 bridgehead atoms. The third-order valence-corrected chi connectivity index (χ3v) is 7.76. The Morgan fingerprint density at radius 1 is 1.67 bits per heavy atom. The first-order chi connectivity index (χ1) is 7.10. The zero-order chi connectivity index (χ0) is 11.4. The maximum absolute atomic E-state index is 11.5. The molecule has 1 fully saturated rings. The molecule has 7 heteroatoms. The first kappa shape index (κ1) is 13.2. The molecule has 15 heavy (non-hydrogen) atoms. The first-order valence-electron chi connectivity index (χ1n) is 4.77. The van der Waals surface area contributed by atoms with Crippen LogP contribution in [0.5, 0.6) is 0 Å². The molecular formula is C8H13ClHgN2O3. The molecule has 1 saturated heterocycles. The second-order valence-electron chi connectivity index (χ2n) is 3.47. The van der Waals surface area contributed by atoms with Crippen molar-refractivity contribution in [2.24, 2.45) is 0 Å². The Kier molecular flexibility index (Phi) is 5.28. The van der Waals surface area contributed by atoms with Crippen LogP contribution in [0.15, 0.2) is 0 Å². The van der Waals surface area contributed by atoms with E-state index in [0.29, 0.717) is 6.42 Å². The van der Waals surface area contributed by atoms with E-state index in [2.05, 4.69) is 5.32 Å². The van der Waals surface area contributed by atoms with Crippen molar-refractivity contribution in [3.63, 3.8) is 0 Å². The molecule has 0 radical (unpaired) electrons. The van der Waals surface area contributed by atoms with Gasteiger partial charge >= 0.3 is 105 Å². The molecule has 82 valence electrons. The Morgan fingerprint density at radius 3 is 2.73 bits per heavy atom. The Bertz CT molecular complexity index is 264. The maximum atomic E-state index is 11.5. The number of hydrogen-bond donors (Lipinski definition) is 1. The van der Waals surface area contributed by atoms with Gasteiger partial charge in [0.25, 0.3) is 0 Å². The number of halogens is 1.